The molecule has 0 aliphatic carbocycles. The van der Waals surface area contributed by atoms with E-state index in [1.54, 1.807) is 25.2 Å². The number of anilines is 1. The van der Waals surface area contributed by atoms with Gasteiger partial charge in [-0.15, -0.1) is 0 Å². The number of hydrogen-bond donors (Lipinski definition) is 2. The molecule has 1 aromatic carbocycles. The van der Waals surface area contributed by atoms with Crippen molar-refractivity contribution in [3.8, 4) is 0 Å². The Balaban J connectivity index is 2.19. The molecule has 2 aromatic heterocycles. The summed E-state index contributed by atoms with van der Waals surface area (Å²) in [5.74, 6) is -0.131. The zero-order valence-corrected chi connectivity index (χ0v) is 19.7. The minimum Gasteiger partial charge on any atom is -0.464 e. The number of halogens is 1. The van der Waals surface area contributed by atoms with Crippen LogP contribution in [0, 0.1) is 6.92 Å². The molecule has 0 amide bonds. The number of aromatic nitrogens is 3. The predicted octanol–water partition coefficient (Wildman–Crippen LogP) is 3.52. The number of esters is 1. The van der Waals surface area contributed by atoms with E-state index in [-0.39, 0.29) is 29.1 Å². The summed E-state index contributed by atoms with van der Waals surface area (Å²) in [6, 6.07) is 6.65. The number of rotatable bonds is 6. The summed E-state index contributed by atoms with van der Waals surface area (Å²) in [4.78, 5) is 34.2. The zero-order chi connectivity index (χ0) is 23.8. The van der Waals surface area contributed by atoms with Crippen LogP contribution in [0.25, 0.3) is 10.9 Å². The number of carbonyl (C=O) groups is 1. The Kier molecular flexibility index (Phi) is 6.57. The number of pyridine rings is 1. The van der Waals surface area contributed by atoms with Crippen LogP contribution in [0.15, 0.2) is 29.1 Å². The van der Waals surface area contributed by atoms with Gasteiger partial charge in [0.15, 0.2) is 5.69 Å². The van der Waals surface area contributed by atoms with E-state index in [2.05, 4.69) is 10.3 Å². The summed E-state index contributed by atoms with van der Waals surface area (Å²) in [6.07, 6.45) is 0. The summed E-state index contributed by atoms with van der Waals surface area (Å²) in [5, 5.41) is 13.8. The van der Waals surface area contributed by atoms with Crippen molar-refractivity contribution in [3.05, 3.63) is 62.4 Å². The third kappa shape index (κ3) is 4.33. The summed E-state index contributed by atoms with van der Waals surface area (Å²) >= 11 is 5.96. The fraction of sp³-hybridized carbons (Fsp3) is 0.391. The van der Waals surface area contributed by atoms with E-state index in [1.807, 2.05) is 33.8 Å². The van der Waals surface area contributed by atoms with Gasteiger partial charge in [-0.3, -0.25) is 9.36 Å². The monoisotopic (exact) mass is 458 g/mol. The van der Waals surface area contributed by atoms with Crippen LogP contribution in [0.3, 0.4) is 0 Å². The van der Waals surface area contributed by atoms with Crippen molar-refractivity contribution in [2.45, 2.75) is 39.2 Å². The fourth-order valence-corrected chi connectivity index (χ4v) is 3.82. The van der Waals surface area contributed by atoms with Crippen LogP contribution in [0.5, 0.6) is 0 Å². The van der Waals surface area contributed by atoms with Gasteiger partial charge in [0.25, 0.3) is 5.56 Å². The molecule has 3 aromatic rings. The highest BCUT2D eigenvalue weighted by Gasteiger charge is 2.27. The molecule has 3 rings (SSSR count). The quantitative estimate of drug-likeness (QED) is 0.430. The van der Waals surface area contributed by atoms with E-state index in [4.69, 9.17) is 21.3 Å². The van der Waals surface area contributed by atoms with E-state index in [0.29, 0.717) is 22.4 Å². The van der Waals surface area contributed by atoms with Crippen molar-refractivity contribution in [2.75, 3.05) is 19.0 Å². The number of hydrogen-bond acceptors (Lipinski definition) is 7. The summed E-state index contributed by atoms with van der Waals surface area (Å²) in [7, 11) is 2.93. The van der Waals surface area contributed by atoms with Gasteiger partial charge in [-0.1, -0.05) is 31.5 Å². The summed E-state index contributed by atoms with van der Waals surface area (Å²) in [5.41, 5.74) is 1.83. The molecular weight excluding hydrogens is 432 g/mol. The molecule has 0 aliphatic heterocycles. The average molecular weight is 459 g/mol. The maximum Gasteiger partial charge on any atom is 0.358 e. The van der Waals surface area contributed by atoms with E-state index in [0.717, 1.165) is 11.1 Å². The van der Waals surface area contributed by atoms with E-state index < -0.39 is 11.4 Å². The second-order valence-electron chi connectivity index (χ2n) is 8.48. The van der Waals surface area contributed by atoms with Crippen molar-refractivity contribution in [3.63, 3.8) is 0 Å². The van der Waals surface area contributed by atoms with Gasteiger partial charge in [-0.25, -0.2) is 14.8 Å². The number of methoxy groups -OCH3 is 1. The lowest BCUT2D eigenvalue weighted by Gasteiger charge is -2.25. The SMILES string of the molecule is COC(=O)c1nc(Cl)ccc1N[C@H](C)c1cc(C)cc2c(=O)n(C)c(C(C)(C)CO)nc12. The van der Waals surface area contributed by atoms with Crippen LogP contribution in [0.1, 0.15) is 54.3 Å². The molecule has 32 heavy (non-hydrogen) atoms. The molecule has 8 nitrogen and oxygen atoms in total. The predicted molar refractivity (Wildman–Crippen MR) is 124 cm³/mol. The van der Waals surface area contributed by atoms with Crippen molar-refractivity contribution in [1.29, 1.82) is 0 Å². The maximum atomic E-state index is 13.2. The van der Waals surface area contributed by atoms with E-state index in [9.17, 15) is 14.7 Å². The molecule has 2 heterocycles. The third-order valence-corrected chi connectivity index (χ3v) is 5.64. The van der Waals surface area contributed by atoms with Crippen LogP contribution in [0.4, 0.5) is 5.69 Å². The molecule has 0 bridgehead atoms. The maximum absolute atomic E-state index is 13.2. The van der Waals surface area contributed by atoms with Gasteiger partial charge in [0.2, 0.25) is 0 Å². The first kappa shape index (κ1) is 23.7. The highest BCUT2D eigenvalue weighted by Crippen LogP contribution is 2.30. The van der Waals surface area contributed by atoms with Crippen LogP contribution in [-0.4, -0.2) is 39.3 Å². The number of ether oxygens (including phenoxy) is 1. The molecule has 1 atom stereocenters. The van der Waals surface area contributed by atoms with Gasteiger partial charge in [-0.05, 0) is 37.6 Å². The molecule has 0 fully saturated rings. The second-order valence-corrected chi connectivity index (χ2v) is 8.87. The minimum atomic E-state index is -0.709. The highest BCUT2D eigenvalue weighted by molar-refractivity contribution is 6.29. The lowest BCUT2D eigenvalue weighted by atomic mass is 9.92. The van der Waals surface area contributed by atoms with Gasteiger partial charge in [0.1, 0.15) is 11.0 Å². The lowest BCUT2D eigenvalue weighted by Crippen LogP contribution is -2.34. The van der Waals surface area contributed by atoms with E-state index in [1.165, 1.54) is 11.7 Å². The van der Waals surface area contributed by atoms with Gasteiger partial charge in [0.05, 0.1) is 36.3 Å². The van der Waals surface area contributed by atoms with Crippen molar-refractivity contribution in [2.24, 2.45) is 7.05 Å². The second kappa shape index (κ2) is 8.88. The Bertz CT molecular complexity index is 1250. The third-order valence-electron chi connectivity index (χ3n) is 5.43. The molecule has 0 radical (unpaired) electrons. The van der Waals surface area contributed by atoms with Gasteiger partial charge >= 0.3 is 5.97 Å². The molecule has 9 heteroatoms. The molecule has 0 saturated heterocycles. The number of aliphatic hydroxyl groups excluding tert-OH is 1. The number of nitrogens with zero attached hydrogens (tertiary/aromatic N) is 3. The lowest BCUT2D eigenvalue weighted by molar-refractivity contribution is 0.0595. The van der Waals surface area contributed by atoms with Crippen LogP contribution in [0.2, 0.25) is 5.15 Å². The largest absolute Gasteiger partial charge is 0.464 e. The number of aryl methyl sites for hydroxylation is 1. The average Bonchev–Trinajstić information content (AvgIpc) is 2.76. The van der Waals surface area contributed by atoms with Crippen LogP contribution < -0.4 is 10.9 Å². The Morgan fingerprint density at radius 3 is 2.62 bits per heavy atom. The molecule has 170 valence electrons. The van der Waals surface area contributed by atoms with Gasteiger partial charge < -0.3 is 15.2 Å². The Morgan fingerprint density at radius 2 is 2.00 bits per heavy atom. The van der Waals surface area contributed by atoms with Crippen molar-refractivity contribution in [1.82, 2.24) is 14.5 Å². The first-order valence-electron chi connectivity index (χ1n) is 10.1. The van der Waals surface area contributed by atoms with Gasteiger partial charge in [0, 0.05) is 18.0 Å². The minimum absolute atomic E-state index is 0.0646. The molecule has 2 N–H and O–H groups in total. The highest BCUT2D eigenvalue weighted by atomic mass is 35.5. The summed E-state index contributed by atoms with van der Waals surface area (Å²) < 4.78 is 6.31. The standard InChI is InChI=1S/C23H27ClN4O4/c1-12-9-14(13(2)25-16-7-8-17(24)26-19(16)21(31)32-6)18-15(10-12)20(30)28(5)22(27-18)23(3,4)11-29/h7-10,13,25,29H,11H2,1-6H3/t13-/m1/s1. The number of fused-ring (bicyclic) bond motifs is 1. The first-order valence-corrected chi connectivity index (χ1v) is 10.5. The van der Waals surface area contributed by atoms with Crippen molar-refractivity contribution >= 4 is 34.2 Å². The van der Waals surface area contributed by atoms with Crippen LogP contribution >= 0.6 is 11.6 Å². The molecule has 0 spiro atoms. The molecule has 0 aliphatic rings. The summed E-state index contributed by atoms with van der Waals surface area (Å²) in [6.45, 7) is 7.31. The van der Waals surface area contributed by atoms with E-state index >= 15 is 0 Å². The fourth-order valence-electron chi connectivity index (χ4n) is 3.67. The number of aliphatic hydroxyl groups is 1. The Labute approximate surface area is 191 Å². The van der Waals surface area contributed by atoms with Crippen LogP contribution in [-0.2, 0) is 17.2 Å². The first-order chi connectivity index (χ1) is 15.0. The topological polar surface area (TPSA) is 106 Å². The zero-order valence-electron chi connectivity index (χ0n) is 19.0. The van der Waals surface area contributed by atoms with Crippen molar-refractivity contribution < 1.29 is 14.6 Å². The molecule has 0 saturated carbocycles. The smallest absolute Gasteiger partial charge is 0.358 e. The number of carbonyl (C=O) groups excluding carboxylic acids is 1. The number of benzene rings is 1. The normalized spacial score (nSPS) is 12.6. The Hall–Kier alpha value is -2.97. The molecular formula is C23H27ClN4O4. The number of nitrogens with one attached hydrogen (secondary N) is 1. The van der Waals surface area contributed by atoms with Gasteiger partial charge in [-0.2, -0.15) is 0 Å². The molecule has 0 unspecified atom stereocenters. The Morgan fingerprint density at radius 1 is 1.31 bits per heavy atom.